The predicted molar refractivity (Wildman–Crippen MR) is 315 cm³/mol. The minimum atomic E-state index is -0.694. The van der Waals surface area contributed by atoms with Gasteiger partial charge in [-0.25, -0.2) is 0 Å². The molecule has 0 spiro atoms. The van der Waals surface area contributed by atoms with Crippen molar-refractivity contribution in [3.05, 3.63) is 86.4 Å². The molecule has 0 radical (unpaired) electrons. The van der Waals surface area contributed by atoms with Crippen molar-refractivity contribution in [3.63, 3.8) is 0 Å². The van der Waals surface area contributed by atoms with Gasteiger partial charge in [0, 0.05) is 55.9 Å². The lowest BCUT2D eigenvalue weighted by molar-refractivity contribution is -0.145. The molecule has 76 heavy (non-hydrogen) atoms. The van der Waals surface area contributed by atoms with Gasteiger partial charge in [-0.1, -0.05) is 115 Å². The lowest BCUT2D eigenvalue weighted by Gasteiger charge is -2.32. The van der Waals surface area contributed by atoms with E-state index >= 15 is 0 Å². The molecule has 0 amide bonds. The van der Waals surface area contributed by atoms with Gasteiger partial charge in [0.1, 0.15) is 12.2 Å². The van der Waals surface area contributed by atoms with E-state index in [1.807, 2.05) is 104 Å². The number of ether oxygens (including phenoxy) is 6. The maximum atomic E-state index is 13.0. The molecule has 0 aliphatic carbocycles. The first-order chi connectivity index (χ1) is 35.0. The summed E-state index contributed by atoms with van der Waals surface area (Å²) in [5.41, 5.74) is 0.233. The highest BCUT2D eigenvalue weighted by atomic mass is 79.9. The summed E-state index contributed by atoms with van der Waals surface area (Å²) >= 11 is 6.71. The number of hydrogen-bond donors (Lipinski definition) is 0. The van der Waals surface area contributed by atoms with E-state index in [2.05, 4.69) is 58.8 Å². The summed E-state index contributed by atoms with van der Waals surface area (Å²) in [5, 5.41) is 2.24. The maximum Gasteiger partial charge on any atom is 0.486 e. The van der Waals surface area contributed by atoms with Gasteiger partial charge < -0.3 is 37.7 Å². The molecule has 422 valence electrons. The molecule has 7 rings (SSSR count). The van der Waals surface area contributed by atoms with Crippen LogP contribution >= 0.6 is 38.6 Å². The number of esters is 2. The number of carbonyl (C=O) groups is 4. The number of methoxy groups -OCH3 is 2. The average Bonchev–Trinajstić information content (AvgIpc) is 4.12. The topological polar surface area (TPSA) is 142 Å². The zero-order chi connectivity index (χ0) is 54.3. The maximum absolute atomic E-state index is 13.0. The van der Waals surface area contributed by atoms with Crippen LogP contribution in [0.3, 0.4) is 0 Å². The number of Topliss-reactive ketones (excluding diaryl/α,β-unsaturated/α-hetero) is 2. The summed E-state index contributed by atoms with van der Waals surface area (Å²) < 4.78 is 48.8. The molecule has 5 heterocycles. The van der Waals surface area contributed by atoms with Gasteiger partial charge in [-0.15, -0.1) is 22.7 Å². The zero-order valence-corrected chi connectivity index (χ0v) is 49.0. The van der Waals surface area contributed by atoms with E-state index in [0.29, 0.717) is 44.9 Å². The van der Waals surface area contributed by atoms with Crippen LogP contribution in [-0.4, -0.2) is 92.0 Å². The van der Waals surface area contributed by atoms with Crippen LogP contribution in [0.5, 0.6) is 0 Å². The minimum Gasteiger partial charge on any atom is -0.469 e. The van der Waals surface area contributed by atoms with Gasteiger partial charge in [0.2, 0.25) is 0 Å². The van der Waals surface area contributed by atoms with Crippen LogP contribution in [0.1, 0.15) is 199 Å². The first-order valence-corrected chi connectivity index (χ1v) is 28.8. The van der Waals surface area contributed by atoms with Gasteiger partial charge in [-0.3, -0.25) is 19.2 Å². The van der Waals surface area contributed by atoms with Gasteiger partial charge in [0.15, 0.2) is 23.1 Å². The third kappa shape index (κ3) is 19.1. The molecule has 4 atom stereocenters. The molecule has 0 bridgehead atoms. The Morgan fingerprint density at radius 3 is 1.50 bits per heavy atom. The Morgan fingerprint density at radius 1 is 0.592 bits per heavy atom. The monoisotopic (exact) mass is 1150 g/mol. The Kier molecular flexibility index (Phi) is 26.9. The SMILES string of the molecule is C.C.CCCCCC(=O)c1sc2ccccc2c1/C=C/[C@H]1OC(C)(C)O[C@H]1CCCC(=O)OC.CCCCCC(=O)c1sc2ccccc2c1Br.COC(=O)CCC[C@@H]1OC(C)(C)O[C@@H]1/C=C/B1OC(C)(C)C(C)(C)O1. The highest BCUT2D eigenvalue weighted by molar-refractivity contribution is 9.10. The van der Waals surface area contributed by atoms with E-state index < -0.39 is 18.7 Å². The molecule has 2 aromatic heterocycles. The second-order valence-electron chi connectivity index (χ2n) is 20.9. The molecule has 0 saturated carbocycles. The normalized spacial score (nSPS) is 20.9. The first kappa shape index (κ1) is 66.7. The van der Waals surface area contributed by atoms with Crippen molar-refractivity contribution < 1.29 is 56.9 Å². The van der Waals surface area contributed by atoms with Crippen LogP contribution in [-0.2, 0) is 47.3 Å². The molecule has 16 heteroatoms. The molecule has 3 aliphatic rings. The Balaban J connectivity index is 0.000000310. The second-order valence-corrected chi connectivity index (χ2v) is 23.8. The Morgan fingerprint density at radius 2 is 1.03 bits per heavy atom. The van der Waals surface area contributed by atoms with Gasteiger partial charge >= 0.3 is 19.1 Å². The molecule has 3 saturated heterocycles. The third-order valence-corrected chi connectivity index (χ3v) is 17.0. The first-order valence-electron chi connectivity index (χ1n) is 26.4. The Labute approximate surface area is 471 Å². The van der Waals surface area contributed by atoms with E-state index in [0.717, 1.165) is 80.2 Å². The van der Waals surface area contributed by atoms with E-state index in [1.54, 1.807) is 22.7 Å². The molecule has 12 nitrogen and oxygen atoms in total. The van der Waals surface area contributed by atoms with Gasteiger partial charge in [-0.05, 0) is 122 Å². The Hall–Kier alpha value is -3.58. The molecule has 4 aromatic rings. The molecule has 3 aliphatic heterocycles. The predicted octanol–water partition coefficient (Wildman–Crippen LogP) is 16.3. The van der Waals surface area contributed by atoms with Crippen molar-refractivity contribution in [2.45, 2.75) is 221 Å². The fraction of sp³-hybridized carbons (Fsp3) is 0.600. The summed E-state index contributed by atoms with van der Waals surface area (Å²) in [7, 11) is 2.39. The number of hydrogen-bond acceptors (Lipinski definition) is 14. The summed E-state index contributed by atoms with van der Waals surface area (Å²) in [5.74, 6) is 0.596. The fourth-order valence-corrected chi connectivity index (χ4v) is 12.0. The zero-order valence-electron chi connectivity index (χ0n) is 45.8. The van der Waals surface area contributed by atoms with Crippen LogP contribution in [0.4, 0.5) is 0 Å². The average molecular weight is 1160 g/mol. The number of ketones is 2. The number of unbranched alkanes of at least 4 members (excludes halogenated alkanes) is 4. The van der Waals surface area contributed by atoms with E-state index in [1.165, 1.54) is 18.9 Å². The number of carbonyl (C=O) groups excluding carboxylic acids is 4. The molecule has 3 fully saturated rings. The van der Waals surface area contributed by atoms with Crippen molar-refractivity contribution in [2.75, 3.05) is 14.2 Å². The van der Waals surface area contributed by atoms with Crippen LogP contribution in [0.25, 0.3) is 26.2 Å². The number of fused-ring (bicyclic) bond motifs is 2. The van der Waals surface area contributed by atoms with Crippen molar-refractivity contribution >= 4 is 95.5 Å². The highest BCUT2D eigenvalue weighted by Crippen LogP contribution is 2.40. The molecular formula is C60H88BBrO12S2. The largest absolute Gasteiger partial charge is 0.486 e. The minimum absolute atomic E-state index is 0. The van der Waals surface area contributed by atoms with Gasteiger partial charge in [0.25, 0.3) is 0 Å². The fourth-order valence-electron chi connectivity index (χ4n) is 8.89. The molecule has 0 unspecified atom stereocenters. The van der Waals surface area contributed by atoms with Crippen molar-refractivity contribution in [2.24, 2.45) is 0 Å². The summed E-state index contributed by atoms with van der Waals surface area (Å²) in [6.45, 7) is 20.0. The van der Waals surface area contributed by atoms with Crippen molar-refractivity contribution in [1.29, 1.82) is 0 Å². The van der Waals surface area contributed by atoms with Crippen molar-refractivity contribution in [3.8, 4) is 0 Å². The lowest BCUT2D eigenvalue weighted by atomic mass is 9.88. The number of halogens is 1. The number of rotatable bonds is 22. The highest BCUT2D eigenvalue weighted by Gasteiger charge is 2.50. The van der Waals surface area contributed by atoms with Crippen LogP contribution in [0.2, 0.25) is 0 Å². The Bertz CT molecular complexity index is 2530. The van der Waals surface area contributed by atoms with Crippen LogP contribution in [0.15, 0.2) is 71.1 Å². The van der Waals surface area contributed by atoms with E-state index in [9.17, 15) is 19.2 Å². The van der Waals surface area contributed by atoms with E-state index in [4.69, 9.17) is 33.0 Å². The van der Waals surface area contributed by atoms with Crippen molar-refractivity contribution in [1.82, 2.24) is 0 Å². The van der Waals surface area contributed by atoms with Crippen LogP contribution < -0.4 is 0 Å². The lowest BCUT2D eigenvalue weighted by Crippen LogP contribution is -2.41. The number of benzene rings is 2. The second kappa shape index (κ2) is 30.7. The van der Waals surface area contributed by atoms with Gasteiger partial charge in [-0.2, -0.15) is 0 Å². The van der Waals surface area contributed by atoms with Gasteiger partial charge in [0.05, 0.1) is 47.4 Å². The van der Waals surface area contributed by atoms with E-state index in [-0.39, 0.29) is 74.0 Å². The number of thiophene rings is 2. The summed E-state index contributed by atoms with van der Waals surface area (Å²) in [6.07, 6.45) is 16.4. The summed E-state index contributed by atoms with van der Waals surface area (Å²) in [4.78, 5) is 49.5. The van der Waals surface area contributed by atoms with Crippen LogP contribution in [0, 0.1) is 0 Å². The molecular weight excluding hydrogens is 1070 g/mol. The molecule has 2 aromatic carbocycles. The third-order valence-electron chi connectivity index (χ3n) is 13.5. The molecule has 0 N–H and O–H groups in total. The quantitative estimate of drug-likeness (QED) is 0.0320. The summed E-state index contributed by atoms with van der Waals surface area (Å²) in [6, 6.07) is 16.3. The standard InChI is InChI=1S/C26H34O5S.C18H31BO6.C14H15BrOS.2CH4/c1-5-6-7-12-20(27)25-19(18-11-8-9-14-23(18)32-25)16-17-22-21(30-26(2,3)31-22)13-10-15-24(28)29-4;1-16(2)17(3,4)25-19(24-16)12-11-14-13(22-18(5,6)23-14)9-8-10-15(20)21-7;1-2-3-4-8-11(16)14-13(15)10-7-5-6-9-12(10)17-14;;/h8-9,11,14,16-17,21-22H,5-7,10,12-13,15H2,1-4H3;11-14H,8-10H2,1-7H3;5-7,9H,2-4,8H2,1H3;2*1H4/b17-16+;12-11+;;;/t21-,22+;13-,14+;;;/m00.../s1. The smallest absolute Gasteiger partial charge is 0.469 e.